The summed E-state index contributed by atoms with van der Waals surface area (Å²) in [4.78, 5) is 27.9. The van der Waals surface area contributed by atoms with Gasteiger partial charge in [-0.2, -0.15) is 0 Å². The van der Waals surface area contributed by atoms with Crippen molar-refractivity contribution >= 4 is 11.7 Å². The third kappa shape index (κ3) is 3.70. The van der Waals surface area contributed by atoms with Crippen LogP contribution in [0, 0.1) is 19.8 Å². The van der Waals surface area contributed by atoms with Gasteiger partial charge in [-0.15, -0.1) is 0 Å². The van der Waals surface area contributed by atoms with Crippen LogP contribution in [0.5, 0.6) is 0 Å². The summed E-state index contributed by atoms with van der Waals surface area (Å²) in [6, 6.07) is 12.8. The lowest BCUT2D eigenvalue weighted by molar-refractivity contribution is 0.0690. The van der Waals surface area contributed by atoms with Crippen molar-refractivity contribution in [3.63, 3.8) is 0 Å². The first-order chi connectivity index (χ1) is 12.5. The smallest absolute Gasteiger partial charge is 0.254 e. The second-order valence-electron chi connectivity index (χ2n) is 7.15. The number of carbonyl (C=O) groups excluding carboxylic acids is 2. The van der Waals surface area contributed by atoms with Gasteiger partial charge in [0.2, 0.25) is 0 Å². The molecule has 0 unspecified atom stereocenters. The normalized spacial score (nSPS) is 15.1. The van der Waals surface area contributed by atoms with Gasteiger partial charge >= 0.3 is 0 Å². The molecule has 0 spiro atoms. The average molecular weight is 350 g/mol. The molecular formula is C22H26N2O2. The summed E-state index contributed by atoms with van der Waals surface area (Å²) in [6.07, 6.45) is 1.85. The van der Waals surface area contributed by atoms with Gasteiger partial charge in [-0.25, -0.2) is 0 Å². The Morgan fingerprint density at radius 2 is 1.65 bits per heavy atom. The molecule has 1 heterocycles. The molecule has 0 aliphatic carbocycles. The lowest BCUT2D eigenvalue weighted by Crippen LogP contribution is -2.40. The van der Waals surface area contributed by atoms with E-state index in [2.05, 4.69) is 0 Å². The van der Waals surface area contributed by atoms with E-state index in [0.717, 1.165) is 24.0 Å². The Bertz CT molecular complexity index is 821. The zero-order valence-corrected chi connectivity index (χ0v) is 15.5. The summed E-state index contributed by atoms with van der Waals surface area (Å²) in [5.41, 5.74) is 9.54. The number of nitrogens with zero attached hydrogens (tertiary/aromatic N) is 1. The summed E-state index contributed by atoms with van der Waals surface area (Å²) >= 11 is 0. The second kappa shape index (κ2) is 7.83. The number of aryl methyl sites for hydroxylation is 2. The number of carbonyl (C=O) groups is 2. The number of hydrogen-bond donors (Lipinski definition) is 1. The molecule has 0 radical (unpaired) electrons. The van der Waals surface area contributed by atoms with Crippen LogP contribution in [0.1, 0.15) is 50.2 Å². The van der Waals surface area contributed by atoms with Crippen LogP contribution in [0.2, 0.25) is 0 Å². The molecule has 0 bridgehead atoms. The molecule has 0 aromatic heterocycles. The molecule has 1 fully saturated rings. The number of amides is 1. The highest BCUT2D eigenvalue weighted by molar-refractivity contribution is 6.15. The molecule has 2 aromatic carbocycles. The Kier molecular flexibility index (Phi) is 5.52. The Balaban J connectivity index is 1.87. The Labute approximate surface area is 155 Å². The lowest BCUT2D eigenvalue weighted by Gasteiger charge is -2.31. The minimum atomic E-state index is -0.103. The molecule has 26 heavy (non-hydrogen) atoms. The number of likely N-dealkylation sites (tertiary alicyclic amines) is 1. The Morgan fingerprint density at radius 3 is 2.27 bits per heavy atom. The van der Waals surface area contributed by atoms with Crippen molar-refractivity contribution in [3.05, 3.63) is 70.3 Å². The van der Waals surface area contributed by atoms with E-state index in [0.29, 0.717) is 42.2 Å². The van der Waals surface area contributed by atoms with Gasteiger partial charge in [-0.3, -0.25) is 9.59 Å². The third-order valence-electron chi connectivity index (χ3n) is 5.41. The second-order valence-corrected chi connectivity index (χ2v) is 7.15. The zero-order valence-electron chi connectivity index (χ0n) is 15.5. The quantitative estimate of drug-likeness (QED) is 0.860. The fourth-order valence-corrected chi connectivity index (χ4v) is 3.45. The van der Waals surface area contributed by atoms with Crippen molar-refractivity contribution in [1.82, 2.24) is 4.90 Å². The molecule has 0 atom stereocenters. The van der Waals surface area contributed by atoms with Crippen molar-refractivity contribution in [2.24, 2.45) is 11.7 Å². The lowest BCUT2D eigenvalue weighted by atomic mass is 9.93. The highest BCUT2D eigenvalue weighted by atomic mass is 16.2. The van der Waals surface area contributed by atoms with Gasteiger partial charge in [0.1, 0.15) is 0 Å². The summed E-state index contributed by atoms with van der Waals surface area (Å²) in [7, 11) is 0. The number of nitrogens with two attached hydrogens (primary N) is 1. The minimum absolute atomic E-state index is 0.0618. The van der Waals surface area contributed by atoms with Crippen molar-refractivity contribution in [3.8, 4) is 0 Å². The summed E-state index contributed by atoms with van der Waals surface area (Å²) in [5.74, 6) is 0.327. The Morgan fingerprint density at radius 1 is 1.00 bits per heavy atom. The number of rotatable bonds is 4. The number of hydrogen-bond acceptors (Lipinski definition) is 3. The summed E-state index contributed by atoms with van der Waals surface area (Å²) < 4.78 is 0. The van der Waals surface area contributed by atoms with Crippen molar-refractivity contribution < 1.29 is 9.59 Å². The summed E-state index contributed by atoms with van der Waals surface area (Å²) in [5, 5.41) is 0. The zero-order chi connectivity index (χ0) is 18.7. The van der Waals surface area contributed by atoms with Crippen LogP contribution < -0.4 is 5.73 Å². The van der Waals surface area contributed by atoms with Gasteiger partial charge in [0.05, 0.1) is 5.56 Å². The van der Waals surface area contributed by atoms with Gasteiger partial charge in [0.25, 0.3) is 5.91 Å². The summed E-state index contributed by atoms with van der Waals surface area (Å²) in [6.45, 7) is 6.08. The molecule has 2 aromatic rings. The van der Waals surface area contributed by atoms with Crippen LogP contribution in [0.4, 0.5) is 0 Å². The third-order valence-corrected chi connectivity index (χ3v) is 5.41. The molecular weight excluding hydrogens is 324 g/mol. The SMILES string of the molecule is Cc1ccc(C(=O)c2ccccc2C(=O)N2CCC(CN)CC2)cc1C. The van der Waals surface area contributed by atoms with E-state index in [1.807, 2.05) is 49.1 Å². The highest BCUT2D eigenvalue weighted by Gasteiger charge is 2.26. The van der Waals surface area contributed by atoms with Crippen LogP contribution in [0.15, 0.2) is 42.5 Å². The van der Waals surface area contributed by atoms with Gasteiger partial charge in [-0.05, 0) is 62.4 Å². The van der Waals surface area contributed by atoms with Crippen LogP contribution in [-0.2, 0) is 0 Å². The van der Waals surface area contributed by atoms with Gasteiger partial charge in [-0.1, -0.05) is 30.3 Å². The Hall–Kier alpha value is -2.46. The van der Waals surface area contributed by atoms with E-state index in [9.17, 15) is 9.59 Å². The molecule has 4 heteroatoms. The molecule has 1 amide bonds. The van der Waals surface area contributed by atoms with E-state index < -0.39 is 0 Å². The molecule has 1 saturated heterocycles. The van der Waals surface area contributed by atoms with E-state index in [-0.39, 0.29) is 11.7 Å². The van der Waals surface area contributed by atoms with Crippen LogP contribution in [0.3, 0.4) is 0 Å². The molecule has 2 N–H and O–H groups in total. The fourth-order valence-electron chi connectivity index (χ4n) is 3.45. The molecule has 3 rings (SSSR count). The van der Waals surface area contributed by atoms with Gasteiger partial charge in [0, 0.05) is 24.2 Å². The minimum Gasteiger partial charge on any atom is -0.339 e. The first-order valence-corrected chi connectivity index (χ1v) is 9.21. The van der Waals surface area contributed by atoms with Gasteiger partial charge in [0.15, 0.2) is 5.78 Å². The maximum absolute atomic E-state index is 13.0. The van der Waals surface area contributed by atoms with E-state index in [4.69, 9.17) is 5.73 Å². The molecule has 1 aliphatic heterocycles. The number of piperidine rings is 1. The maximum Gasteiger partial charge on any atom is 0.254 e. The topological polar surface area (TPSA) is 63.4 Å². The molecule has 0 saturated carbocycles. The monoisotopic (exact) mass is 350 g/mol. The van der Waals surface area contributed by atoms with Crippen LogP contribution >= 0.6 is 0 Å². The van der Waals surface area contributed by atoms with Crippen molar-refractivity contribution in [2.45, 2.75) is 26.7 Å². The maximum atomic E-state index is 13.0. The fraction of sp³-hybridized carbons (Fsp3) is 0.364. The largest absolute Gasteiger partial charge is 0.339 e. The van der Waals surface area contributed by atoms with E-state index in [1.54, 1.807) is 12.1 Å². The van der Waals surface area contributed by atoms with Crippen molar-refractivity contribution in [2.75, 3.05) is 19.6 Å². The van der Waals surface area contributed by atoms with Crippen LogP contribution in [-0.4, -0.2) is 36.2 Å². The predicted octanol–water partition coefficient (Wildman–Crippen LogP) is 3.35. The predicted molar refractivity (Wildman–Crippen MR) is 103 cm³/mol. The van der Waals surface area contributed by atoms with Crippen LogP contribution in [0.25, 0.3) is 0 Å². The number of ketones is 1. The van der Waals surface area contributed by atoms with E-state index >= 15 is 0 Å². The first-order valence-electron chi connectivity index (χ1n) is 9.21. The standard InChI is InChI=1S/C22H26N2O2/c1-15-7-8-18(13-16(15)2)21(25)19-5-3-4-6-20(19)22(26)24-11-9-17(14-23)10-12-24/h3-8,13,17H,9-12,14,23H2,1-2H3. The molecule has 136 valence electrons. The van der Waals surface area contributed by atoms with Gasteiger partial charge < -0.3 is 10.6 Å². The number of benzene rings is 2. The van der Waals surface area contributed by atoms with E-state index in [1.165, 1.54) is 0 Å². The molecule has 4 nitrogen and oxygen atoms in total. The first kappa shape index (κ1) is 18.3. The highest BCUT2D eigenvalue weighted by Crippen LogP contribution is 2.22. The van der Waals surface area contributed by atoms with Crippen molar-refractivity contribution in [1.29, 1.82) is 0 Å². The molecule has 1 aliphatic rings. The average Bonchev–Trinajstić information content (AvgIpc) is 2.69.